The van der Waals surface area contributed by atoms with E-state index < -0.39 is 0 Å². The highest BCUT2D eigenvalue weighted by molar-refractivity contribution is 5.34. The molecule has 0 atom stereocenters. The van der Waals surface area contributed by atoms with Gasteiger partial charge >= 0.3 is 0 Å². The van der Waals surface area contributed by atoms with Crippen LogP contribution in [-0.4, -0.2) is 20.8 Å². The number of halogens is 1. The first-order chi connectivity index (χ1) is 10.1. The zero-order valence-corrected chi connectivity index (χ0v) is 12.3. The van der Waals surface area contributed by atoms with E-state index in [0.717, 1.165) is 17.2 Å². The molecule has 0 amide bonds. The summed E-state index contributed by atoms with van der Waals surface area (Å²) in [5, 5.41) is 11.4. The van der Waals surface area contributed by atoms with Gasteiger partial charge in [-0.2, -0.15) is 0 Å². The van der Waals surface area contributed by atoms with Crippen LogP contribution in [0.15, 0.2) is 18.2 Å². The first-order valence-electron chi connectivity index (χ1n) is 7.13. The van der Waals surface area contributed by atoms with Crippen molar-refractivity contribution in [2.24, 2.45) is 7.05 Å². The molecule has 1 aliphatic carbocycles. The number of aryl methyl sites for hydroxylation is 1. The van der Waals surface area contributed by atoms with Crippen molar-refractivity contribution in [2.45, 2.75) is 39.0 Å². The predicted molar refractivity (Wildman–Crippen MR) is 76.3 cm³/mol. The Bertz CT molecular complexity index is 637. The van der Waals surface area contributed by atoms with Crippen molar-refractivity contribution in [1.82, 2.24) is 20.1 Å². The first-order valence-corrected chi connectivity index (χ1v) is 7.13. The Morgan fingerprint density at radius 1 is 1.38 bits per heavy atom. The number of benzene rings is 1. The summed E-state index contributed by atoms with van der Waals surface area (Å²) in [7, 11) is 1.90. The van der Waals surface area contributed by atoms with Crippen molar-refractivity contribution < 1.29 is 9.13 Å². The molecule has 0 spiro atoms. The molecule has 1 heterocycles. The highest BCUT2D eigenvalue weighted by Crippen LogP contribution is 2.24. The molecular formula is C15H19FN4O. The molecule has 1 aliphatic rings. The van der Waals surface area contributed by atoms with Gasteiger partial charge in [0.05, 0.1) is 0 Å². The first kappa shape index (κ1) is 14.0. The lowest BCUT2D eigenvalue weighted by atomic mass is 10.2. The lowest BCUT2D eigenvalue weighted by Crippen LogP contribution is -2.16. The molecule has 112 valence electrons. The number of nitrogens with zero attached hydrogens (tertiary/aromatic N) is 3. The van der Waals surface area contributed by atoms with Crippen molar-refractivity contribution >= 4 is 0 Å². The number of nitrogens with one attached hydrogen (secondary N) is 1. The molecule has 1 saturated carbocycles. The summed E-state index contributed by atoms with van der Waals surface area (Å²) in [4.78, 5) is 0. The van der Waals surface area contributed by atoms with Crippen LogP contribution in [0.4, 0.5) is 4.39 Å². The van der Waals surface area contributed by atoms with E-state index in [1.165, 1.54) is 25.0 Å². The summed E-state index contributed by atoms with van der Waals surface area (Å²) in [6.07, 6.45) is 2.40. The van der Waals surface area contributed by atoms with Gasteiger partial charge in [-0.15, -0.1) is 10.2 Å². The van der Waals surface area contributed by atoms with Gasteiger partial charge in [0.25, 0.3) is 0 Å². The average Bonchev–Trinajstić information content (AvgIpc) is 3.24. The Labute approximate surface area is 123 Å². The van der Waals surface area contributed by atoms with Gasteiger partial charge in [0.1, 0.15) is 24.0 Å². The van der Waals surface area contributed by atoms with Crippen LogP contribution in [0.3, 0.4) is 0 Å². The van der Waals surface area contributed by atoms with Crippen molar-refractivity contribution in [3.8, 4) is 5.75 Å². The molecule has 5 nitrogen and oxygen atoms in total. The maximum absolute atomic E-state index is 13.4. The molecule has 0 saturated heterocycles. The Hall–Kier alpha value is -1.95. The molecule has 1 fully saturated rings. The van der Waals surface area contributed by atoms with Gasteiger partial charge in [0.15, 0.2) is 5.82 Å². The van der Waals surface area contributed by atoms with Crippen LogP contribution >= 0.6 is 0 Å². The third kappa shape index (κ3) is 3.39. The highest BCUT2D eigenvalue weighted by atomic mass is 19.1. The molecule has 1 aromatic carbocycles. The molecule has 1 aromatic heterocycles. The molecule has 2 aromatic rings. The van der Waals surface area contributed by atoms with Gasteiger partial charge in [-0.05, 0) is 38.0 Å². The zero-order valence-electron chi connectivity index (χ0n) is 12.3. The number of rotatable bonds is 6. The lowest BCUT2D eigenvalue weighted by Gasteiger charge is -2.12. The van der Waals surface area contributed by atoms with Crippen LogP contribution in [0.2, 0.25) is 0 Å². The van der Waals surface area contributed by atoms with Crippen LogP contribution in [0.5, 0.6) is 5.75 Å². The average molecular weight is 290 g/mol. The molecule has 3 rings (SSSR count). The lowest BCUT2D eigenvalue weighted by molar-refractivity contribution is 0.286. The second-order valence-electron chi connectivity index (χ2n) is 5.42. The fourth-order valence-corrected chi connectivity index (χ4v) is 2.09. The van der Waals surface area contributed by atoms with E-state index in [1.54, 1.807) is 6.07 Å². The minimum Gasteiger partial charge on any atom is -0.485 e. The number of hydrogen-bond donors (Lipinski definition) is 1. The summed E-state index contributed by atoms with van der Waals surface area (Å²) in [6.45, 7) is 2.83. The van der Waals surface area contributed by atoms with Crippen LogP contribution in [0.1, 0.15) is 30.1 Å². The monoisotopic (exact) mass is 290 g/mol. The fourth-order valence-electron chi connectivity index (χ4n) is 2.09. The van der Waals surface area contributed by atoms with Gasteiger partial charge in [-0.25, -0.2) is 4.39 Å². The van der Waals surface area contributed by atoms with Crippen molar-refractivity contribution in [3.63, 3.8) is 0 Å². The Balaban J connectivity index is 1.69. The van der Waals surface area contributed by atoms with Crippen molar-refractivity contribution in [3.05, 3.63) is 41.2 Å². The zero-order chi connectivity index (χ0) is 14.8. The quantitative estimate of drug-likeness (QED) is 0.885. The molecule has 6 heteroatoms. The Morgan fingerprint density at radius 2 is 2.19 bits per heavy atom. The number of ether oxygens (including phenoxy) is 1. The minimum atomic E-state index is -0.246. The third-order valence-electron chi connectivity index (χ3n) is 3.72. The molecule has 0 bridgehead atoms. The largest absolute Gasteiger partial charge is 0.485 e. The van der Waals surface area contributed by atoms with Gasteiger partial charge in [-0.1, -0.05) is 0 Å². The van der Waals surface area contributed by atoms with Crippen LogP contribution in [0.25, 0.3) is 0 Å². The maximum Gasteiger partial charge on any atom is 0.170 e. The molecule has 21 heavy (non-hydrogen) atoms. The van der Waals surface area contributed by atoms with E-state index in [4.69, 9.17) is 4.74 Å². The minimum absolute atomic E-state index is 0.246. The van der Waals surface area contributed by atoms with Gasteiger partial charge in [0.2, 0.25) is 0 Å². The van der Waals surface area contributed by atoms with Gasteiger partial charge < -0.3 is 14.6 Å². The summed E-state index contributed by atoms with van der Waals surface area (Å²) < 4.78 is 21.1. The SMILES string of the molecule is Cc1nnc(COc2ccc(F)cc2CNC2CC2)n1C. The van der Waals surface area contributed by atoms with E-state index in [9.17, 15) is 4.39 Å². The van der Waals surface area contributed by atoms with E-state index in [-0.39, 0.29) is 5.82 Å². The summed E-state index contributed by atoms with van der Waals surface area (Å²) in [5.41, 5.74) is 0.834. The van der Waals surface area contributed by atoms with E-state index in [2.05, 4.69) is 15.5 Å². The van der Waals surface area contributed by atoms with E-state index in [0.29, 0.717) is 24.9 Å². The van der Waals surface area contributed by atoms with Crippen LogP contribution < -0.4 is 10.1 Å². The molecule has 0 aliphatic heterocycles. The second kappa shape index (κ2) is 5.81. The number of hydrogen-bond acceptors (Lipinski definition) is 4. The van der Waals surface area contributed by atoms with E-state index in [1.807, 2.05) is 18.5 Å². The number of aromatic nitrogens is 3. The van der Waals surface area contributed by atoms with E-state index >= 15 is 0 Å². The standard InChI is InChI=1S/C15H19FN4O/c1-10-18-19-15(20(10)2)9-21-14-6-3-12(16)7-11(14)8-17-13-4-5-13/h3,6-7,13,17H,4-5,8-9H2,1-2H3. The van der Waals surface area contributed by atoms with Crippen LogP contribution in [-0.2, 0) is 20.2 Å². The predicted octanol–water partition coefficient (Wildman–Crippen LogP) is 2.09. The highest BCUT2D eigenvalue weighted by Gasteiger charge is 2.21. The van der Waals surface area contributed by atoms with Gasteiger partial charge in [-0.3, -0.25) is 0 Å². The topological polar surface area (TPSA) is 52.0 Å². The summed E-state index contributed by atoms with van der Waals surface area (Å²) in [5.74, 6) is 2.02. The maximum atomic E-state index is 13.4. The Morgan fingerprint density at radius 3 is 2.86 bits per heavy atom. The Kier molecular flexibility index (Phi) is 3.88. The third-order valence-corrected chi connectivity index (χ3v) is 3.72. The molecule has 0 unspecified atom stereocenters. The second-order valence-corrected chi connectivity index (χ2v) is 5.42. The molecule has 1 N–H and O–H groups in total. The molecule has 0 radical (unpaired) electrons. The summed E-state index contributed by atoms with van der Waals surface area (Å²) >= 11 is 0. The van der Waals surface area contributed by atoms with Crippen molar-refractivity contribution in [1.29, 1.82) is 0 Å². The fraction of sp³-hybridized carbons (Fsp3) is 0.467. The smallest absolute Gasteiger partial charge is 0.170 e. The van der Waals surface area contributed by atoms with Crippen molar-refractivity contribution in [2.75, 3.05) is 0 Å². The molecular weight excluding hydrogens is 271 g/mol. The van der Waals surface area contributed by atoms with Crippen LogP contribution in [0, 0.1) is 12.7 Å². The normalized spacial score (nSPS) is 14.4. The van der Waals surface area contributed by atoms with Gasteiger partial charge in [0, 0.05) is 25.2 Å². The summed E-state index contributed by atoms with van der Waals surface area (Å²) in [6, 6.07) is 5.18.